The van der Waals surface area contributed by atoms with Gasteiger partial charge in [-0.3, -0.25) is 19.2 Å². The third-order valence-electron chi connectivity index (χ3n) is 8.73. The highest BCUT2D eigenvalue weighted by Crippen LogP contribution is 2.32. The number of aliphatic carboxylic acids is 1. The second-order valence-corrected chi connectivity index (χ2v) is 12.5. The van der Waals surface area contributed by atoms with E-state index in [1.54, 1.807) is 49.5 Å². The van der Waals surface area contributed by atoms with E-state index in [-0.39, 0.29) is 30.4 Å². The number of hydrogen-bond acceptors (Lipinski definition) is 8. The van der Waals surface area contributed by atoms with E-state index in [1.807, 2.05) is 29.2 Å². The highest BCUT2D eigenvalue weighted by molar-refractivity contribution is 6.09. The number of rotatable bonds is 17. The lowest BCUT2D eigenvalue weighted by atomic mass is 10.0. The maximum atomic E-state index is 13.6. The van der Waals surface area contributed by atoms with Crippen molar-refractivity contribution in [3.05, 3.63) is 77.9 Å². The van der Waals surface area contributed by atoms with Gasteiger partial charge < -0.3 is 39.3 Å². The van der Waals surface area contributed by atoms with Crippen molar-refractivity contribution in [2.75, 3.05) is 70.8 Å². The topological polar surface area (TPSA) is 138 Å². The monoisotopic (exact) mass is 688 g/mol. The molecule has 1 aliphatic heterocycles. The van der Waals surface area contributed by atoms with Crippen molar-refractivity contribution in [2.45, 2.75) is 39.0 Å². The molecule has 3 amide bonds. The molecule has 1 aliphatic rings. The Hall–Kier alpha value is -5.10. The Morgan fingerprint density at radius 3 is 2.26 bits per heavy atom. The molecular formula is C38H48N4O8. The first-order chi connectivity index (χ1) is 24.1. The van der Waals surface area contributed by atoms with Crippen molar-refractivity contribution in [2.24, 2.45) is 5.92 Å². The summed E-state index contributed by atoms with van der Waals surface area (Å²) >= 11 is 0. The van der Waals surface area contributed by atoms with Gasteiger partial charge in [0.05, 0.1) is 37.3 Å². The zero-order chi connectivity index (χ0) is 36.0. The van der Waals surface area contributed by atoms with E-state index in [1.165, 1.54) is 12.0 Å². The quantitative estimate of drug-likeness (QED) is 0.178. The third-order valence-corrected chi connectivity index (χ3v) is 8.73. The predicted molar refractivity (Wildman–Crippen MR) is 192 cm³/mol. The summed E-state index contributed by atoms with van der Waals surface area (Å²) in [5, 5.41) is 11.7. The Labute approximate surface area is 293 Å². The van der Waals surface area contributed by atoms with E-state index >= 15 is 0 Å². The number of methoxy groups -OCH3 is 1. The molecule has 1 atom stereocenters. The largest absolute Gasteiger partial charge is 0.495 e. The molecule has 0 aliphatic carbocycles. The molecule has 2 N–H and O–H groups in total. The first-order valence-corrected chi connectivity index (χ1v) is 17.0. The fourth-order valence-electron chi connectivity index (χ4n) is 5.56. The van der Waals surface area contributed by atoms with Gasteiger partial charge in [0.15, 0.2) is 0 Å². The minimum Gasteiger partial charge on any atom is -0.495 e. The van der Waals surface area contributed by atoms with E-state index in [0.29, 0.717) is 59.6 Å². The van der Waals surface area contributed by atoms with Crippen molar-refractivity contribution in [3.8, 4) is 17.2 Å². The number of amides is 3. The van der Waals surface area contributed by atoms with Gasteiger partial charge in [-0.2, -0.15) is 0 Å². The zero-order valence-corrected chi connectivity index (χ0v) is 29.4. The second-order valence-electron chi connectivity index (χ2n) is 12.5. The molecule has 12 heteroatoms. The molecule has 1 saturated heterocycles. The minimum absolute atomic E-state index is 0.0362. The van der Waals surface area contributed by atoms with Crippen molar-refractivity contribution >= 4 is 35.1 Å². The molecule has 3 aromatic carbocycles. The van der Waals surface area contributed by atoms with Crippen LogP contribution in [-0.4, -0.2) is 99.2 Å². The number of carbonyl (C=O) groups is 4. The van der Waals surface area contributed by atoms with Crippen LogP contribution in [0, 0.1) is 5.92 Å². The van der Waals surface area contributed by atoms with Gasteiger partial charge in [-0.25, -0.2) is 0 Å². The van der Waals surface area contributed by atoms with Crippen LogP contribution in [0.25, 0.3) is 0 Å². The highest BCUT2D eigenvalue weighted by Gasteiger charge is 2.22. The van der Waals surface area contributed by atoms with Crippen LogP contribution in [0.3, 0.4) is 0 Å². The van der Waals surface area contributed by atoms with Gasteiger partial charge in [0.25, 0.3) is 11.8 Å². The summed E-state index contributed by atoms with van der Waals surface area (Å²) < 4.78 is 17.4. The summed E-state index contributed by atoms with van der Waals surface area (Å²) in [6.07, 6.45) is 2.36. The summed E-state index contributed by atoms with van der Waals surface area (Å²) in [6, 6.07) is 18.8. The average Bonchev–Trinajstić information content (AvgIpc) is 3.12. The number of benzene rings is 3. The number of carbonyl (C=O) groups excluding carboxylic acids is 3. The van der Waals surface area contributed by atoms with Crippen molar-refractivity contribution < 1.29 is 38.5 Å². The first kappa shape index (κ1) is 37.7. The van der Waals surface area contributed by atoms with E-state index in [0.717, 1.165) is 39.0 Å². The fourth-order valence-corrected chi connectivity index (χ4v) is 5.56. The number of hydrogen-bond donors (Lipinski definition) is 2. The molecule has 1 unspecified atom stereocenters. The number of nitrogens with zero attached hydrogens (tertiary/aromatic N) is 3. The van der Waals surface area contributed by atoms with Crippen molar-refractivity contribution in [1.82, 2.24) is 9.80 Å². The SMILES string of the molecule is COc1cc(C(=O)N(C)c2ccccc2OCCC(C)CCC(=O)N2CCN(C)CC2)ccc1NC(=O)c1ccccc1OCCCC(=O)O. The number of carboxylic acids is 1. The van der Waals surface area contributed by atoms with Crippen LogP contribution in [0.5, 0.6) is 17.2 Å². The van der Waals surface area contributed by atoms with Crippen LogP contribution in [0.1, 0.15) is 59.7 Å². The predicted octanol–water partition coefficient (Wildman–Crippen LogP) is 5.43. The van der Waals surface area contributed by atoms with Crippen molar-refractivity contribution in [3.63, 3.8) is 0 Å². The molecule has 1 fully saturated rings. The van der Waals surface area contributed by atoms with E-state index in [2.05, 4.69) is 24.2 Å². The maximum Gasteiger partial charge on any atom is 0.303 e. The summed E-state index contributed by atoms with van der Waals surface area (Å²) in [5.41, 5.74) is 1.58. The standard InChI is InChI=1S/C38H48N4O8/c1-27(15-18-35(43)42-22-20-40(2)21-23-42)19-25-50-33-13-8-6-11-31(33)41(3)38(47)28-16-17-30(34(26-28)48-4)39-37(46)29-10-5-7-12-32(29)49-24-9-14-36(44)45/h5-8,10-13,16-17,26-27H,9,14-15,18-25H2,1-4H3,(H,39,46)(H,44,45). The molecule has 0 saturated carbocycles. The Balaban J connectivity index is 1.34. The summed E-state index contributed by atoms with van der Waals surface area (Å²) in [7, 11) is 5.20. The van der Waals surface area contributed by atoms with E-state index in [4.69, 9.17) is 19.3 Å². The van der Waals surface area contributed by atoms with Crippen LogP contribution in [0.15, 0.2) is 66.7 Å². The number of nitrogens with one attached hydrogen (secondary N) is 1. The Bertz CT molecular complexity index is 1620. The molecule has 0 spiro atoms. The Kier molecular flexibility index (Phi) is 14.0. The Morgan fingerprint density at radius 1 is 0.860 bits per heavy atom. The number of para-hydroxylation sites is 3. The zero-order valence-electron chi connectivity index (χ0n) is 29.4. The summed E-state index contributed by atoms with van der Waals surface area (Å²) in [4.78, 5) is 56.0. The second kappa shape index (κ2) is 18.6. The number of piperazine rings is 1. The molecule has 0 radical (unpaired) electrons. The smallest absolute Gasteiger partial charge is 0.303 e. The van der Waals surface area contributed by atoms with Crippen LogP contribution < -0.4 is 24.4 Å². The van der Waals surface area contributed by atoms with E-state index in [9.17, 15) is 19.2 Å². The van der Waals surface area contributed by atoms with Crippen LogP contribution in [0.4, 0.5) is 11.4 Å². The van der Waals surface area contributed by atoms with Gasteiger partial charge in [0.1, 0.15) is 17.2 Å². The molecular weight excluding hydrogens is 640 g/mol. The van der Waals surface area contributed by atoms with Gasteiger partial charge in [0.2, 0.25) is 5.91 Å². The lowest BCUT2D eigenvalue weighted by Gasteiger charge is -2.32. The molecule has 268 valence electrons. The average molecular weight is 689 g/mol. The number of likely N-dealkylation sites (N-methyl/N-ethyl adjacent to an activating group) is 1. The van der Waals surface area contributed by atoms with E-state index < -0.39 is 11.9 Å². The minimum atomic E-state index is -0.916. The molecule has 50 heavy (non-hydrogen) atoms. The first-order valence-electron chi connectivity index (χ1n) is 17.0. The third kappa shape index (κ3) is 10.7. The molecule has 3 aromatic rings. The van der Waals surface area contributed by atoms with Gasteiger partial charge >= 0.3 is 5.97 Å². The van der Waals surface area contributed by atoms with Gasteiger partial charge in [-0.1, -0.05) is 31.2 Å². The van der Waals surface area contributed by atoms with Crippen LogP contribution in [-0.2, 0) is 9.59 Å². The molecule has 12 nitrogen and oxygen atoms in total. The normalized spacial score (nSPS) is 13.6. The maximum absolute atomic E-state index is 13.6. The van der Waals surface area contributed by atoms with Gasteiger partial charge in [-0.05, 0) is 74.7 Å². The highest BCUT2D eigenvalue weighted by atomic mass is 16.5. The lowest BCUT2D eigenvalue weighted by molar-refractivity contribution is -0.137. The molecule has 4 rings (SSSR count). The number of anilines is 2. The van der Waals surface area contributed by atoms with Crippen molar-refractivity contribution in [1.29, 1.82) is 0 Å². The molecule has 0 bridgehead atoms. The summed E-state index contributed by atoms with van der Waals surface area (Å²) in [5.74, 6) is 0.0452. The summed E-state index contributed by atoms with van der Waals surface area (Å²) in [6.45, 7) is 6.12. The molecule has 1 heterocycles. The van der Waals surface area contributed by atoms with Gasteiger partial charge in [-0.15, -0.1) is 0 Å². The number of ether oxygens (including phenoxy) is 3. The fraction of sp³-hybridized carbons (Fsp3) is 0.421. The lowest BCUT2D eigenvalue weighted by Crippen LogP contribution is -2.47. The van der Waals surface area contributed by atoms with Crippen LogP contribution >= 0.6 is 0 Å². The molecule has 0 aromatic heterocycles. The van der Waals surface area contributed by atoms with Gasteiger partial charge in [0, 0.05) is 51.6 Å². The Morgan fingerprint density at radius 2 is 1.54 bits per heavy atom. The number of carboxylic acid groups (broad SMARTS) is 1. The van der Waals surface area contributed by atoms with Crippen LogP contribution in [0.2, 0.25) is 0 Å².